The van der Waals surface area contributed by atoms with E-state index in [2.05, 4.69) is 92.8 Å². The number of nitrogens with one attached hydrogen (secondary N) is 1. The van der Waals surface area contributed by atoms with Crippen LogP contribution < -0.4 is 5.32 Å². The van der Waals surface area contributed by atoms with Crippen molar-refractivity contribution in [2.45, 2.75) is 57.3 Å². The van der Waals surface area contributed by atoms with Gasteiger partial charge in [0.05, 0.1) is 0 Å². The lowest BCUT2D eigenvalue weighted by Gasteiger charge is -2.65. The van der Waals surface area contributed by atoms with E-state index in [1.54, 1.807) is 5.56 Å². The largest absolute Gasteiger partial charge is 0.355 e. The van der Waals surface area contributed by atoms with Crippen molar-refractivity contribution in [3.8, 4) is 11.1 Å². The predicted molar refractivity (Wildman–Crippen MR) is 134 cm³/mol. The van der Waals surface area contributed by atoms with Crippen molar-refractivity contribution in [2.24, 2.45) is 23.7 Å². The summed E-state index contributed by atoms with van der Waals surface area (Å²) in [5.74, 6) is 4.21. The second kappa shape index (κ2) is 6.28. The van der Waals surface area contributed by atoms with Crippen LogP contribution in [0.4, 0.5) is 11.4 Å². The van der Waals surface area contributed by atoms with E-state index in [-0.39, 0.29) is 5.41 Å². The van der Waals surface area contributed by atoms with Crippen molar-refractivity contribution in [2.75, 3.05) is 5.32 Å². The Hall–Kier alpha value is -2.54. The number of fused-ring (bicyclic) bond motifs is 3. The zero-order chi connectivity index (χ0) is 21.7. The highest BCUT2D eigenvalue weighted by molar-refractivity contribution is 5.91. The second-order valence-electron chi connectivity index (χ2n) is 11.9. The molecule has 1 heteroatoms. The topological polar surface area (TPSA) is 12.0 Å². The number of hydrogen-bond acceptors (Lipinski definition) is 1. The Bertz CT molecular complexity index is 1200. The van der Waals surface area contributed by atoms with Gasteiger partial charge in [-0.25, -0.2) is 0 Å². The SMILES string of the molecule is CC1(c2ccc(Nc3cccc4c3-c3ccccc3C4(C)C)cc2)CC2CC3CC(C1)C32. The summed E-state index contributed by atoms with van der Waals surface area (Å²) in [5.41, 5.74) is 9.95. The third kappa shape index (κ3) is 2.46. The molecule has 4 aliphatic rings. The van der Waals surface area contributed by atoms with Crippen LogP contribution in [0.1, 0.15) is 63.1 Å². The smallest absolute Gasteiger partial charge is 0.0467 e. The molecule has 0 radical (unpaired) electrons. The van der Waals surface area contributed by atoms with Crippen molar-refractivity contribution in [1.29, 1.82) is 0 Å². The van der Waals surface area contributed by atoms with Crippen molar-refractivity contribution in [3.05, 3.63) is 83.4 Å². The van der Waals surface area contributed by atoms with Gasteiger partial charge in [0.25, 0.3) is 0 Å². The zero-order valence-electron chi connectivity index (χ0n) is 19.5. The summed E-state index contributed by atoms with van der Waals surface area (Å²) in [5, 5.41) is 3.77. The van der Waals surface area contributed by atoms with Crippen LogP contribution in [0.3, 0.4) is 0 Å². The van der Waals surface area contributed by atoms with Gasteiger partial charge in [0.15, 0.2) is 0 Å². The Labute approximate surface area is 192 Å². The van der Waals surface area contributed by atoms with E-state index in [0.29, 0.717) is 5.41 Å². The first-order valence-electron chi connectivity index (χ1n) is 12.5. The second-order valence-corrected chi connectivity index (χ2v) is 11.9. The Kier molecular flexibility index (Phi) is 3.72. The molecular formula is C31H33N. The molecule has 0 aliphatic heterocycles. The maximum Gasteiger partial charge on any atom is 0.0467 e. The van der Waals surface area contributed by atoms with E-state index in [1.165, 1.54) is 59.3 Å². The monoisotopic (exact) mass is 419 g/mol. The van der Waals surface area contributed by atoms with Crippen LogP contribution in [0, 0.1) is 23.7 Å². The molecule has 0 amide bonds. The highest BCUT2D eigenvalue weighted by Gasteiger charge is 2.59. The van der Waals surface area contributed by atoms with Crippen molar-refractivity contribution < 1.29 is 0 Å². The summed E-state index contributed by atoms with van der Waals surface area (Å²) in [6, 6.07) is 25.0. The minimum atomic E-state index is 0.0446. The molecule has 4 aliphatic carbocycles. The maximum atomic E-state index is 3.77. The van der Waals surface area contributed by atoms with Gasteiger partial charge < -0.3 is 5.32 Å². The average Bonchev–Trinajstić information content (AvgIpc) is 2.99. The van der Waals surface area contributed by atoms with E-state index in [1.807, 2.05) is 0 Å². The minimum absolute atomic E-state index is 0.0446. The van der Waals surface area contributed by atoms with Crippen molar-refractivity contribution in [1.82, 2.24) is 0 Å². The molecule has 0 saturated heterocycles. The summed E-state index contributed by atoms with van der Waals surface area (Å²) < 4.78 is 0. The summed E-state index contributed by atoms with van der Waals surface area (Å²) in [7, 11) is 0. The zero-order valence-corrected chi connectivity index (χ0v) is 19.5. The van der Waals surface area contributed by atoms with Crippen LogP contribution >= 0.6 is 0 Å². The maximum absolute atomic E-state index is 3.77. The molecule has 0 aromatic heterocycles. The number of rotatable bonds is 3. The van der Waals surface area contributed by atoms with Crippen LogP contribution in [0.15, 0.2) is 66.7 Å². The standard InChI is InChI=1S/C31H33N/c1-30(2)25-8-5-4-7-24(25)29-26(30)9-6-10-27(29)32-23-13-11-22(12-14-23)31(3)17-20-15-19-16-21(18-31)28(19)20/h4-14,19-21,28,32H,15-18H2,1-3H3. The molecule has 1 nitrogen and oxygen atoms in total. The van der Waals surface area contributed by atoms with Gasteiger partial charge in [-0.05, 0) is 95.2 Å². The fourth-order valence-corrected chi connectivity index (χ4v) is 8.15. The van der Waals surface area contributed by atoms with Gasteiger partial charge in [0.1, 0.15) is 0 Å². The third-order valence-corrected chi connectivity index (χ3v) is 9.74. The van der Waals surface area contributed by atoms with Crippen LogP contribution in [-0.4, -0.2) is 0 Å². The molecule has 32 heavy (non-hydrogen) atoms. The molecule has 2 atom stereocenters. The summed E-state index contributed by atoms with van der Waals surface area (Å²) >= 11 is 0. The van der Waals surface area contributed by atoms with E-state index in [0.717, 1.165) is 23.7 Å². The molecule has 7 rings (SSSR count). The predicted octanol–water partition coefficient (Wildman–Crippen LogP) is 8.06. The number of benzene rings is 3. The van der Waals surface area contributed by atoms with Crippen LogP contribution in [0.5, 0.6) is 0 Å². The summed E-state index contributed by atoms with van der Waals surface area (Å²) in [6.07, 6.45) is 5.81. The van der Waals surface area contributed by atoms with Gasteiger partial charge in [-0.1, -0.05) is 69.3 Å². The van der Waals surface area contributed by atoms with Gasteiger partial charge in [-0.15, -0.1) is 0 Å². The molecule has 3 saturated carbocycles. The van der Waals surface area contributed by atoms with E-state index >= 15 is 0 Å². The van der Waals surface area contributed by atoms with Crippen LogP contribution in [0.2, 0.25) is 0 Å². The van der Waals surface area contributed by atoms with E-state index in [4.69, 9.17) is 0 Å². The van der Waals surface area contributed by atoms with Gasteiger partial charge in [-0.2, -0.15) is 0 Å². The first-order chi connectivity index (χ1) is 15.4. The molecule has 3 aromatic rings. The lowest BCUT2D eigenvalue weighted by molar-refractivity contribution is -0.141. The Morgan fingerprint density at radius 1 is 0.719 bits per heavy atom. The summed E-state index contributed by atoms with van der Waals surface area (Å²) in [4.78, 5) is 0. The average molecular weight is 420 g/mol. The molecule has 3 fully saturated rings. The van der Waals surface area contributed by atoms with Crippen molar-refractivity contribution in [3.63, 3.8) is 0 Å². The highest BCUT2D eigenvalue weighted by atomic mass is 14.9. The number of hydrogen-bond donors (Lipinski definition) is 1. The Balaban J connectivity index is 1.19. The molecule has 0 spiro atoms. The number of anilines is 2. The van der Waals surface area contributed by atoms with Gasteiger partial charge in [-0.3, -0.25) is 0 Å². The lowest BCUT2D eigenvalue weighted by atomic mass is 9.39. The fourth-order valence-electron chi connectivity index (χ4n) is 8.15. The lowest BCUT2D eigenvalue weighted by Crippen LogP contribution is -2.58. The first-order valence-corrected chi connectivity index (χ1v) is 12.5. The van der Waals surface area contributed by atoms with E-state index < -0.39 is 0 Å². The molecule has 1 N–H and O–H groups in total. The Morgan fingerprint density at radius 2 is 1.41 bits per heavy atom. The minimum Gasteiger partial charge on any atom is -0.355 e. The molecule has 0 bridgehead atoms. The highest BCUT2D eigenvalue weighted by Crippen LogP contribution is 2.67. The molecule has 162 valence electrons. The molecule has 0 heterocycles. The fraction of sp³-hybridized carbons (Fsp3) is 0.419. The van der Waals surface area contributed by atoms with Crippen molar-refractivity contribution >= 4 is 11.4 Å². The molecule has 2 unspecified atom stereocenters. The van der Waals surface area contributed by atoms with Gasteiger partial charge in [0.2, 0.25) is 0 Å². The molecule has 3 aromatic carbocycles. The van der Waals surface area contributed by atoms with Crippen LogP contribution in [-0.2, 0) is 10.8 Å². The summed E-state index contributed by atoms with van der Waals surface area (Å²) in [6.45, 7) is 7.22. The van der Waals surface area contributed by atoms with E-state index in [9.17, 15) is 0 Å². The van der Waals surface area contributed by atoms with Gasteiger partial charge >= 0.3 is 0 Å². The first kappa shape index (κ1) is 19.0. The third-order valence-electron chi connectivity index (χ3n) is 9.74. The quantitative estimate of drug-likeness (QED) is 0.453. The molecular weight excluding hydrogens is 386 g/mol. The Morgan fingerprint density at radius 3 is 2.12 bits per heavy atom. The van der Waals surface area contributed by atoms with Crippen LogP contribution in [0.25, 0.3) is 11.1 Å². The van der Waals surface area contributed by atoms with Gasteiger partial charge in [0, 0.05) is 22.4 Å². The normalized spacial score (nSPS) is 32.7.